The molecule has 0 saturated heterocycles. The van der Waals surface area contributed by atoms with Gasteiger partial charge in [-0.3, -0.25) is 4.79 Å². The van der Waals surface area contributed by atoms with Gasteiger partial charge in [-0.25, -0.2) is 0 Å². The van der Waals surface area contributed by atoms with E-state index in [4.69, 9.17) is 49.0 Å². The van der Waals surface area contributed by atoms with Gasteiger partial charge < -0.3 is 19.5 Å². The molecule has 2 aromatic rings. The van der Waals surface area contributed by atoms with Crippen molar-refractivity contribution < 1.29 is 19.0 Å². The third-order valence-corrected chi connectivity index (χ3v) is 4.02. The monoisotopic (exact) mass is 389 g/mol. The summed E-state index contributed by atoms with van der Waals surface area (Å²) in [5.41, 5.74) is 0.543. The predicted octanol–water partition coefficient (Wildman–Crippen LogP) is 4.68. The highest BCUT2D eigenvalue weighted by atomic mass is 35.5. The van der Waals surface area contributed by atoms with Gasteiger partial charge in [0.25, 0.3) is 5.91 Å². The van der Waals surface area contributed by atoms with Crippen LogP contribution in [0.25, 0.3) is 0 Å². The highest BCUT2D eigenvalue weighted by Gasteiger charge is 2.11. The second kappa shape index (κ2) is 8.33. The summed E-state index contributed by atoms with van der Waals surface area (Å²) in [5, 5.41) is 3.55. The van der Waals surface area contributed by atoms with Crippen LogP contribution in [0.5, 0.6) is 17.2 Å². The highest BCUT2D eigenvalue weighted by Crippen LogP contribution is 2.34. The van der Waals surface area contributed by atoms with E-state index in [9.17, 15) is 4.79 Å². The molecule has 5 nitrogen and oxygen atoms in total. The number of methoxy groups -OCH3 is 2. The summed E-state index contributed by atoms with van der Waals surface area (Å²) in [6.45, 7) is -0.244. The third kappa shape index (κ3) is 4.60. The summed E-state index contributed by atoms with van der Waals surface area (Å²) >= 11 is 17.7. The molecule has 2 aromatic carbocycles. The number of anilines is 1. The first kappa shape index (κ1) is 18.5. The summed E-state index contributed by atoms with van der Waals surface area (Å²) in [4.78, 5) is 12.0. The van der Waals surface area contributed by atoms with E-state index >= 15 is 0 Å². The quantitative estimate of drug-likeness (QED) is 0.728. The fraction of sp³-hybridized carbons (Fsp3) is 0.188. The molecule has 2 rings (SSSR count). The first-order valence-electron chi connectivity index (χ1n) is 6.73. The molecule has 0 aliphatic heterocycles. The van der Waals surface area contributed by atoms with Crippen LogP contribution in [0.2, 0.25) is 15.1 Å². The van der Waals surface area contributed by atoms with Crippen molar-refractivity contribution in [2.75, 3.05) is 26.1 Å². The van der Waals surface area contributed by atoms with Crippen molar-refractivity contribution in [2.24, 2.45) is 0 Å². The number of hydrogen-bond donors (Lipinski definition) is 1. The molecule has 0 fully saturated rings. The fourth-order valence-electron chi connectivity index (χ4n) is 1.87. The van der Waals surface area contributed by atoms with Gasteiger partial charge in [-0.2, -0.15) is 0 Å². The van der Waals surface area contributed by atoms with E-state index in [2.05, 4.69) is 5.32 Å². The van der Waals surface area contributed by atoms with Gasteiger partial charge in [0.15, 0.2) is 18.1 Å². The number of hydrogen-bond acceptors (Lipinski definition) is 4. The Hall–Kier alpha value is -1.82. The second-order valence-electron chi connectivity index (χ2n) is 4.60. The van der Waals surface area contributed by atoms with E-state index in [1.807, 2.05) is 0 Å². The zero-order valence-electron chi connectivity index (χ0n) is 12.9. The van der Waals surface area contributed by atoms with E-state index in [0.717, 1.165) is 0 Å². The summed E-state index contributed by atoms with van der Waals surface area (Å²) in [6.07, 6.45) is 0. The zero-order valence-corrected chi connectivity index (χ0v) is 15.1. The largest absolute Gasteiger partial charge is 0.493 e. The zero-order chi connectivity index (χ0) is 17.7. The Kier molecular flexibility index (Phi) is 6.43. The Balaban J connectivity index is 2.00. The molecule has 128 valence electrons. The van der Waals surface area contributed by atoms with Crippen molar-refractivity contribution in [1.82, 2.24) is 0 Å². The van der Waals surface area contributed by atoms with Crippen LogP contribution >= 0.6 is 34.8 Å². The summed E-state index contributed by atoms with van der Waals surface area (Å²) in [7, 11) is 3.05. The molecule has 8 heteroatoms. The smallest absolute Gasteiger partial charge is 0.262 e. The molecule has 0 aromatic heterocycles. The number of benzene rings is 2. The topological polar surface area (TPSA) is 56.8 Å². The van der Waals surface area contributed by atoms with E-state index in [0.29, 0.717) is 22.2 Å². The van der Waals surface area contributed by atoms with Crippen LogP contribution in [0.3, 0.4) is 0 Å². The molecule has 0 saturated carbocycles. The van der Waals surface area contributed by atoms with Gasteiger partial charge in [0.2, 0.25) is 0 Å². The van der Waals surface area contributed by atoms with Crippen LogP contribution in [0.1, 0.15) is 0 Å². The number of amides is 1. The molecule has 1 amide bonds. The maximum Gasteiger partial charge on any atom is 0.262 e. The molecule has 0 heterocycles. The summed E-state index contributed by atoms with van der Waals surface area (Å²) in [5.74, 6) is 0.968. The van der Waals surface area contributed by atoms with E-state index in [1.54, 1.807) is 18.2 Å². The van der Waals surface area contributed by atoms with Gasteiger partial charge in [-0.1, -0.05) is 34.8 Å². The van der Waals surface area contributed by atoms with Crippen LogP contribution < -0.4 is 19.5 Å². The molecule has 0 atom stereocenters. The van der Waals surface area contributed by atoms with Gasteiger partial charge in [0.1, 0.15) is 5.75 Å². The van der Waals surface area contributed by atoms with Gasteiger partial charge in [0.05, 0.1) is 29.3 Å². The standard InChI is InChI=1S/C16H14Cl3NO4/c1-22-13-4-3-9(5-15(13)23-2)20-16(21)8-24-14-7-11(18)10(17)6-12(14)19/h3-7H,8H2,1-2H3,(H,20,21). The number of nitrogens with one attached hydrogen (secondary N) is 1. The fourth-order valence-corrected chi connectivity index (χ4v) is 2.46. The predicted molar refractivity (Wildman–Crippen MR) is 95.1 cm³/mol. The number of rotatable bonds is 6. The Morgan fingerprint density at radius 3 is 2.25 bits per heavy atom. The van der Waals surface area contributed by atoms with Crippen molar-refractivity contribution in [3.05, 3.63) is 45.4 Å². The first-order chi connectivity index (χ1) is 11.4. The molecule has 0 unspecified atom stereocenters. The Labute approximate surface area is 154 Å². The molecule has 0 spiro atoms. The number of carbonyl (C=O) groups is 1. The highest BCUT2D eigenvalue weighted by molar-refractivity contribution is 6.43. The van der Waals surface area contributed by atoms with Crippen molar-refractivity contribution in [1.29, 1.82) is 0 Å². The molecule has 0 radical (unpaired) electrons. The molecular weight excluding hydrogens is 377 g/mol. The number of halogens is 3. The Morgan fingerprint density at radius 1 is 0.917 bits per heavy atom. The number of ether oxygens (including phenoxy) is 3. The number of carbonyl (C=O) groups excluding carboxylic acids is 1. The van der Waals surface area contributed by atoms with Crippen LogP contribution in [0.4, 0.5) is 5.69 Å². The lowest BCUT2D eigenvalue weighted by atomic mass is 10.2. The van der Waals surface area contributed by atoms with Gasteiger partial charge in [-0.05, 0) is 18.2 Å². The Bertz CT molecular complexity index is 752. The normalized spacial score (nSPS) is 10.2. The average molecular weight is 391 g/mol. The van der Waals surface area contributed by atoms with Crippen molar-refractivity contribution >= 4 is 46.4 Å². The van der Waals surface area contributed by atoms with Crippen LogP contribution in [-0.2, 0) is 4.79 Å². The molecule has 0 bridgehead atoms. The lowest BCUT2D eigenvalue weighted by Gasteiger charge is -2.12. The summed E-state index contributed by atoms with van der Waals surface area (Å²) in [6, 6.07) is 7.92. The van der Waals surface area contributed by atoms with Crippen LogP contribution in [0.15, 0.2) is 30.3 Å². The lowest BCUT2D eigenvalue weighted by molar-refractivity contribution is -0.118. The third-order valence-electron chi connectivity index (χ3n) is 3.00. The SMILES string of the molecule is COc1ccc(NC(=O)COc2cc(Cl)c(Cl)cc2Cl)cc1OC. The van der Waals surface area contributed by atoms with E-state index < -0.39 is 0 Å². The summed E-state index contributed by atoms with van der Waals surface area (Å²) < 4.78 is 15.7. The van der Waals surface area contributed by atoms with Gasteiger partial charge in [0, 0.05) is 17.8 Å². The van der Waals surface area contributed by atoms with Crippen molar-refractivity contribution in [2.45, 2.75) is 0 Å². The molecule has 1 N–H and O–H groups in total. The minimum Gasteiger partial charge on any atom is -0.493 e. The van der Waals surface area contributed by atoms with Gasteiger partial charge in [-0.15, -0.1) is 0 Å². The molecule has 24 heavy (non-hydrogen) atoms. The second-order valence-corrected chi connectivity index (χ2v) is 5.82. The minimum absolute atomic E-state index is 0.244. The van der Waals surface area contributed by atoms with Crippen molar-refractivity contribution in [3.63, 3.8) is 0 Å². The maximum absolute atomic E-state index is 12.0. The van der Waals surface area contributed by atoms with Crippen molar-refractivity contribution in [3.8, 4) is 17.2 Å². The molecular formula is C16H14Cl3NO4. The Morgan fingerprint density at radius 2 is 1.58 bits per heavy atom. The molecule has 0 aliphatic carbocycles. The van der Waals surface area contributed by atoms with E-state index in [1.165, 1.54) is 26.4 Å². The molecule has 0 aliphatic rings. The van der Waals surface area contributed by atoms with E-state index in [-0.39, 0.29) is 28.3 Å². The lowest BCUT2D eigenvalue weighted by Crippen LogP contribution is -2.20. The average Bonchev–Trinajstić information content (AvgIpc) is 2.56. The minimum atomic E-state index is -0.371. The van der Waals surface area contributed by atoms with Gasteiger partial charge >= 0.3 is 0 Å². The first-order valence-corrected chi connectivity index (χ1v) is 7.87. The maximum atomic E-state index is 12.0. The van der Waals surface area contributed by atoms with Crippen LogP contribution in [0, 0.1) is 0 Å². The van der Waals surface area contributed by atoms with Crippen LogP contribution in [-0.4, -0.2) is 26.7 Å².